The fourth-order valence-electron chi connectivity index (χ4n) is 1.11. The van der Waals surface area contributed by atoms with Crippen molar-refractivity contribution >= 4 is 17.4 Å². The second-order valence-electron chi connectivity index (χ2n) is 3.60. The summed E-state index contributed by atoms with van der Waals surface area (Å²) in [5.41, 5.74) is -0.244. The molecule has 8 heteroatoms. The van der Waals surface area contributed by atoms with Crippen LogP contribution in [0.2, 0.25) is 0 Å². The number of rotatable bonds is 4. The lowest BCUT2D eigenvalue weighted by Gasteiger charge is -2.11. The van der Waals surface area contributed by atoms with Crippen LogP contribution in [0.15, 0.2) is 12.3 Å². The highest BCUT2D eigenvalue weighted by atomic mass is 16.6. The fraction of sp³-hybridized carbons (Fsp3) is 0.300. The molecule has 18 heavy (non-hydrogen) atoms. The molecule has 0 aromatic carbocycles. The number of hydrogen-bond donors (Lipinski definition) is 1. The van der Waals surface area contributed by atoms with Gasteiger partial charge in [0, 0.05) is 26.4 Å². The number of nitro groups is 1. The van der Waals surface area contributed by atoms with Gasteiger partial charge in [-0.1, -0.05) is 0 Å². The van der Waals surface area contributed by atoms with Gasteiger partial charge in [-0.05, 0) is 0 Å². The van der Waals surface area contributed by atoms with Crippen molar-refractivity contribution in [2.24, 2.45) is 0 Å². The van der Waals surface area contributed by atoms with E-state index in [0.717, 1.165) is 6.07 Å². The van der Waals surface area contributed by atoms with Crippen LogP contribution in [0.1, 0.15) is 5.56 Å². The molecule has 0 saturated carbocycles. The van der Waals surface area contributed by atoms with E-state index in [0.29, 0.717) is 0 Å². The third-order valence-electron chi connectivity index (χ3n) is 2.10. The van der Waals surface area contributed by atoms with E-state index in [4.69, 9.17) is 5.26 Å². The zero-order valence-electron chi connectivity index (χ0n) is 9.88. The number of pyridine rings is 1. The van der Waals surface area contributed by atoms with Crippen molar-refractivity contribution in [3.8, 4) is 6.07 Å². The Balaban J connectivity index is 2.92. The van der Waals surface area contributed by atoms with Crippen molar-refractivity contribution < 1.29 is 9.72 Å². The van der Waals surface area contributed by atoms with Crippen molar-refractivity contribution in [3.63, 3.8) is 0 Å². The lowest BCUT2D eigenvalue weighted by Crippen LogP contribution is -2.29. The number of aromatic nitrogens is 1. The molecule has 8 nitrogen and oxygen atoms in total. The monoisotopic (exact) mass is 249 g/mol. The highest BCUT2D eigenvalue weighted by Crippen LogP contribution is 2.22. The lowest BCUT2D eigenvalue weighted by atomic mass is 10.3. The van der Waals surface area contributed by atoms with Crippen molar-refractivity contribution in [3.05, 3.63) is 27.9 Å². The molecule has 0 bridgehead atoms. The van der Waals surface area contributed by atoms with E-state index < -0.39 is 4.92 Å². The smallest absolute Gasteiger partial charge is 0.312 e. The SMILES string of the molecule is CN(C)C(=O)CNc1ncc(C#N)cc1[N+](=O)[O-]. The molecule has 1 aromatic heterocycles. The van der Waals surface area contributed by atoms with Gasteiger partial charge in [-0.2, -0.15) is 5.26 Å². The van der Waals surface area contributed by atoms with Crippen LogP contribution in [-0.2, 0) is 4.79 Å². The first kappa shape index (κ1) is 13.4. The van der Waals surface area contributed by atoms with Crippen LogP contribution >= 0.6 is 0 Å². The van der Waals surface area contributed by atoms with E-state index in [2.05, 4.69) is 10.3 Å². The summed E-state index contributed by atoms with van der Waals surface area (Å²) in [6.07, 6.45) is 1.20. The Labute approximate surface area is 103 Å². The molecule has 0 fully saturated rings. The highest BCUT2D eigenvalue weighted by Gasteiger charge is 2.17. The Hall–Kier alpha value is -2.69. The summed E-state index contributed by atoms with van der Waals surface area (Å²) in [6.45, 7) is -0.104. The number of nitrogens with one attached hydrogen (secondary N) is 1. The Bertz CT molecular complexity index is 521. The van der Waals surface area contributed by atoms with Crippen LogP contribution in [0.5, 0.6) is 0 Å². The molecular formula is C10H11N5O3. The standard InChI is InChI=1S/C10H11N5O3/c1-14(2)9(16)6-13-10-8(15(17)18)3-7(4-11)5-12-10/h3,5H,6H2,1-2H3,(H,12,13). The molecule has 0 aliphatic rings. The molecule has 1 amide bonds. The van der Waals surface area contributed by atoms with E-state index in [1.165, 1.54) is 11.1 Å². The molecule has 0 atom stereocenters. The predicted octanol–water partition coefficient (Wildman–Crippen LogP) is 0.362. The normalized spacial score (nSPS) is 9.39. The Morgan fingerprint density at radius 3 is 2.83 bits per heavy atom. The molecule has 94 valence electrons. The number of anilines is 1. The maximum absolute atomic E-state index is 11.3. The quantitative estimate of drug-likeness (QED) is 0.609. The number of amides is 1. The average Bonchev–Trinajstić information content (AvgIpc) is 2.35. The average molecular weight is 249 g/mol. The Morgan fingerprint density at radius 1 is 1.67 bits per heavy atom. The van der Waals surface area contributed by atoms with Crippen molar-refractivity contribution in [2.45, 2.75) is 0 Å². The van der Waals surface area contributed by atoms with Crippen LogP contribution < -0.4 is 5.32 Å². The van der Waals surface area contributed by atoms with E-state index in [1.54, 1.807) is 20.2 Å². The minimum atomic E-state index is -0.656. The van der Waals surface area contributed by atoms with Crippen LogP contribution in [0.4, 0.5) is 11.5 Å². The van der Waals surface area contributed by atoms with Gasteiger partial charge in [-0.3, -0.25) is 14.9 Å². The number of nitriles is 1. The summed E-state index contributed by atoms with van der Waals surface area (Å²) in [6, 6.07) is 2.87. The first-order valence-corrected chi connectivity index (χ1v) is 4.94. The predicted molar refractivity (Wildman–Crippen MR) is 62.8 cm³/mol. The second kappa shape index (κ2) is 5.58. The molecule has 1 rings (SSSR count). The van der Waals surface area contributed by atoms with Gasteiger partial charge in [-0.25, -0.2) is 4.98 Å². The number of hydrogen-bond acceptors (Lipinski definition) is 6. The van der Waals surface area contributed by atoms with Gasteiger partial charge in [0.2, 0.25) is 11.7 Å². The van der Waals surface area contributed by atoms with Gasteiger partial charge in [0.1, 0.15) is 6.07 Å². The molecule has 1 N–H and O–H groups in total. The van der Waals surface area contributed by atoms with Gasteiger partial charge in [-0.15, -0.1) is 0 Å². The maximum Gasteiger partial charge on any atom is 0.312 e. The highest BCUT2D eigenvalue weighted by molar-refractivity contribution is 5.80. The fourth-order valence-corrected chi connectivity index (χ4v) is 1.11. The maximum atomic E-state index is 11.3. The van der Waals surface area contributed by atoms with Crippen LogP contribution in [0.3, 0.4) is 0 Å². The molecule has 0 unspecified atom stereocenters. The molecule has 0 aliphatic heterocycles. The van der Waals surface area contributed by atoms with E-state index in [9.17, 15) is 14.9 Å². The summed E-state index contributed by atoms with van der Waals surface area (Å²) in [5.74, 6) is -0.273. The Morgan fingerprint density at radius 2 is 2.33 bits per heavy atom. The number of carbonyl (C=O) groups is 1. The second-order valence-corrected chi connectivity index (χ2v) is 3.60. The third kappa shape index (κ3) is 3.15. The summed E-state index contributed by atoms with van der Waals surface area (Å²) >= 11 is 0. The summed E-state index contributed by atoms with van der Waals surface area (Å²) in [4.78, 5) is 26.6. The molecule has 0 aliphatic carbocycles. The summed E-state index contributed by atoms with van der Waals surface area (Å²) in [5, 5.41) is 22.0. The van der Waals surface area contributed by atoms with Gasteiger partial charge in [0.15, 0.2) is 0 Å². The largest absolute Gasteiger partial charge is 0.355 e. The molecule has 0 saturated heterocycles. The zero-order chi connectivity index (χ0) is 13.7. The summed E-state index contributed by atoms with van der Waals surface area (Å²) in [7, 11) is 3.15. The van der Waals surface area contributed by atoms with Gasteiger partial charge >= 0.3 is 5.69 Å². The van der Waals surface area contributed by atoms with E-state index in [-0.39, 0.29) is 29.5 Å². The zero-order valence-corrected chi connectivity index (χ0v) is 9.88. The van der Waals surface area contributed by atoms with Crippen LogP contribution in [-0.4, -0.2) is 41.4 Å². The topological polar surface area (TPSA) is 112 Å². The molecule has 0 spiro atoms. The van der Waals surface area contributed by atoms with Crippen molar-refractivity contribution in [2.75, 3.05) is 26.0 Å². The summed E-state index contributed by atoms with van der Waals surface area (Å²) < 4.78 is 0. The van der Waals surface area contributed by atoms with Crippen molar-refractivity contribution in [1.82, 2.24) is 9.88 Å². The molecule has 1 aromatic rings. The first-order valence-electron chi connectivity index (χ1n) is 4.94. The lowest BCUT2D eigenvalue weighted by molar-refractivity contribution is -0.384. The number of likely N-dealkylation sites (N-methyl/N-ethyl adjacent to an activating group) is 1. The molecule has 1 heterocycles. The minimum Gasteiger partial charge on any atom is -0.355 e. The van der Waals surface area contributed by atoms with Crippen LogP contribution in [0, 0.1) is 21.4 Å². The van der Waals surface area contributed by atoms with Gasteiger partial charge < -0.3 is 10.2 Å². The van der Waals surface area contributed by atoms with Gasteiger partial charge in [0.05, 0.1) is 17.0 Å². The van der Waals surface area contributed by atoms with E-state index in [1.807, 2.05) is 0 Å². The van der Waals surface area contributed by atoms with Gasteiger partial charge in [0.25, 0.3) is 0 Å². The van der Waals surface area contributed by atoms with E-state index >= 15 is 0 Å². The number of carbonyl (C=O) groups excluding carboxylic acids is 1. The Kier molecular flexibility index (Phi) is 4.15. The van der Waals surface area contributed by atoms with Crippen LogP contribution in [0.25, 0.3) is 0 Å². The number of nitrogens with zero attached hydrogens (tertiary/aromatic N) is 4. The molecular weight excluding hydrogens is 238 g/mol. The minimum absolute atomic E-state index is 0.0331. The van der Waals surface area contributed by atoms with Crippen molar-refractivity contribution in [1.29, 1.82) is 5.26 Å². The molecule has 0 radical (unpaired) electrons. The third-order valence-corrected chi connectivity index (χ3v) is 2.10. The first-order chi connectivity index (χ1) is 8.45.